The number of aromatic nitrogens is 4. The summed E-state index contributed by atoms with van der Waals surface area (Å²) in [5, 5.41) is 13.2. The molecule has 2 aliphatic rings. The van der Waals surface area contributed by atoms with Gasteiger partial charge in [-0.25, -0.2) is 0 Å². The van der Waals surface area contributed by atoms with Gasteiger partial charge in [0.25, 0.3) is 0 Å². The first-order chi connectivity index (χ1) is 12.7. The number of carbonyl (C=O) groups excluding carboxylic acids is 1. The molecule has 0 spiro atoms. The van der Waals surface area contributed by atoms with Crippen LogP contribution < -0.4 is 0 Å². The molecule has 2 atom stereocenters. The van der Waals surface area contributed by atoms with Crippen LogP contribution >= 0.6 is 23.4 Å². The second kappa shape index (κ2) is 7.96. The van der Waals surface area contributed by atoms with Crippen LogP contribution in [0.25, 0.3) is 5.69 Å². The number of thioether (sulfide) groups is 1. The predicted octanol–water partition coefficient (Wildman–Crippen LogP) is 3.59. The maximum atomic E-state index is 12.9. The van der Waals surface area contributed by atoms with Gasteiger partial charge in [-0.1, -0.05) is 36.2 Å². The van der Waals surface area contributed by atoms with E-state index in [0.29, 0.717) is 27.9 Å². The number of benzene rings is 1. The Hall–Kier alpha value is -1.60. The zero-order chi connectivity index (χ0) is 17.9. The number of hydrogen-bond acceptors (Lipinski definition) is 5. The van der Waals surface area contributed by atoms with Gasteiger partial charge in [-0.05, 0) is 66.3 Å². The molecule has 1 aromatic carbocycles. The van der Waals surface area contributed by atoms with Gasteiger partial charge in [0.2, 0.25) is 11.1 Å². The maximum Gasteiger partial charge on any atom is 0.233 e. The van der Waals surface area contributed by atoms with Gasteiger partial charge in [-0.2, -0.15) is 4.68 Å². The van der Waals surface area contributed by atoms with Gasteiger partial charge in [0.15, 0.2) is 0 Å². The van der Waals surface area contributed by atoms with Crippen molar-refractivity contribution >= 4 is 29.3 Å². The first-order valence-electron chi connectivity index (χ1n) is 9.19. The second-order valence-electron chi connectivity index (χ2n) is 6.98. The van der Waals surface area contributed by atoms with Crippen LogP contribution in [0.3, 0.4) is 0 Å². The van der Waals surface area contributed by atoms with Crippen molar-refractivity contribution < 1.29 is 4.79 Å². The van der Waals surface area contributed by atoms with E-state index in [0.717, 1.165) is 25.1 Å². The lowest BCUT2D eigenvalue weighted by Gasteiger charge is -2.44. The van der Waals surface area contributed by atoms with Crippen LogP contribution in [0, 0.1) is 5.92 Å². The molecule has 1 aliphatic heterocycles. The molecule has 0 unspecified atom stereocenters. The molecule has 0 radical (unpaired) electrons. The van der Waals surface area contributed by atoms with Crippen LogP contribution in [-0.4, -0.2) is 49.4 Å². The van der Waals surface area contributed by atoms with Crippen molar-refractivity contribution in [3.63, 3.8) is 0 Å². The number of likely N-dealkylation sites (tertiary alicyclic amines) is 1. The summed E-state index contributed by atoms with van der Waals surface area (Å²) in [6.45, 7) is 0.892. The van der Waals surface area contributed by atoms with Gasteiger partial charge < -0.3 is 4.90 Å². The van der Waals surface area contributed by atoms with Gasteiger partial charge in [-0.3, -0.25) is 4.79 Å². The average Bonchev–Trinajstić information content (AvgIpc) is 3.15. The van der Waals surface area contributed by atoms with E-state index < -0.39 is 0 Å². The molecule has 2 aromatic rings. The molecule has 2 fully saturated rings. The lowest BCUT2D eigenvalue weighted by molar-refractivity contribution is -0.134. The standard InChI is InChI=1S/C18H22ClN5OS/c19-14-7-9-15(10-8-14)24-18(20-21-22-24)26-12-17(25)23-11-3-5-13-4-1-2-6-16(13)23/h7-10,13,16H,1-6,11-12H2/t13-,16+/m1/s1. The van der Waals surface area contributed by atoms with E-state index in [2.05, 4.69) is 20.4 Å². The summed E-state index contributed by atoms with van der Waals surface area (Å²) in [5.74, 6) is 1.28. The fraction of sp³-hybridized carbons (Fsp3) is 0.556. The maximum absolute atomic E-state index is 12.9. The number of nitrogens with zero attached hydrogens (tertiary/aromatic N) is 5. The van der Waals surface area contributed by atoms with Gasteiger partial charge in [-0.15, -0.1) is 5.10 Å². The van der Waals surface area contributed by atoms with E-state index in [4.69, 9.17) is 11.6 Å². The third-order valence-electron chi connectivity index (χ3n) is 5.40. The van der Waals surface area contributed by atoms with Gasteiger partial charge >= 0.3 is 0 Å². The Morgan fingerprint density at radius 2 is 1.92 bits per heavy atom. The Morgan fingerprint density at radius 1 is 1.15 bits per heavy atom. The normalized spacial score (nSPS) is 22.9. The lowest BCUT2D eigenvalue weighted by atomic mass is 9.78. The van der Waals surface area contributed by atoms with Gasteiger partial charge in [0.1, 0.15) is 0 Å². The molecule has 1 aliphatic carbocycles. The van der Waals surface area contributed by atoms with Crippen molar-refractivity contribution in [1.82, 2.24) is 25.1 Å². The highest BCUT2D eigenvalue weighted by Crippen LogP contribution is 2.35. The van der Waals surface area contributed by atoms with E-state index in [-0.39, 0.29) is 5.91 Å². The smallest absolute Gasteiger partial charge is 0.233 e. The minimum atomic E-state index is 0.206. The molecule has 1 saturated heterocycles. The molecule has 1 aromatic heterocycles. The highest BCUT2D eigenvalue weighted by Gasteiger charge is 2.35. The number of tetrazole rings is 1. The Bertz CT molecular complexity index is 763. The van der Waals surface area contributed by atoms with Crippen molar-refractivity contribution in [2.45, 2.75) is 49.7 Å². The quantitative estimate of drug-likeness (QED) is 0.745. The Kier molecular flexibility index (Phi) is 5.45. The molecule has 0 N–H and O–H groups in total. The van der Waals surface area contributed by atoms with Crippen molar-refractivity contribution in [3.8, 4) is 5.69 Å². The topological polar surface area (TPSA) is 63.9 Å². The Morgan fingerprint density at radius 3 is 2.77 bits per heavy atom. The summed E-state index contributed by atoms with van der Waals surface area (Å²) in [7, 11) is 0. The fourth-order valence-corrected chi connectivity index (χ4v) is 5.06. The van der Waals surface area contributed by atoms with Crippen molar-refractivity contribution in [2.75, 3.05) is 12.3 Å². The minimum Gasteiger partial charge on any atom is -0.339 e. The number of hydrogen-bond donors (Lipinski definition) is 0. The Balaban J connectivity index is 1.42. The monoisotopic (exact) mass is 391 g/mol. The molecule has 6 nitrogen and oxygen atoms in total. The highest BCUT2D eigenvalue weighted by molar-refractivity contribution is 7.99. The molecular formula is C18H22ClN5OS. The Labute approximate surface area is 162 Å². The molecule has 4 rings (SSSR count). The molecule has 2 heterocycles. The summed E-state index contributed by atoms with van der Waals surface area (Å²) < 4.78 is 1.65. The van der Waals surface area contributed by atoms with Crippen molar-refractivity contribution in [2.24, 2.45) is 5.92 Å². The van der Waals surface area contributed by atoms with Crippen LogP contribution in [-0.2, 0) is 4.79 Å². The number of piperidine rings is 1. The van der Waals surface area contributed by atoms with Crippen LogP contribution in [0.4, 0.5) is 0 Å². The molecule has 0 bridgehead atoms. The number of rotatable bonds is 4. The first kappa shape index (κ1) is 17.8. The van der Waals surface area contributed by atoms with Crippen LogP contribution in [0.5, 0.6) is 0 Å². The number of carbonyl (C=O) groups is 1. The number of halogens is 1. The molecule has 138 valence electrons. The van der Waals surface area contributed by atoms with E-state index in [9.17, 15) is 4.79 Å². The SMILES string of the molecule is O=C(CSc1nnnn1-c1ccc(Cl)cc1)N1CCC[C@H]2CCCC[C@@H]21. The minimum absolute atomic E-state index is 0.206. The van der Waals surface area contributed by atoms with Gasteiger partial charge in [0.05, 0.1) is 11.4 Å². The first-order valence-corrected chi connectivity index (χ1v) is 10.6. The molecule has 1 saturated carbocycles. The third-order valence-corrected chi connectivity index (χ3v) is 6.56. The van der Waals surface area contributed by atoms with E-state index in [1.807, 2.05) is 12.1 Å². The van der Waals surface area contributed by atoms with Crippen molar-refractivity contribution in [1.29, 1.82) is 0 Å². The average molecular weight is 392 g/mol. The van der Waals surface area contributed by atoms with E-state index >= 15 is 0 Å². The zero-order valence-corrected chi connectivity index (χ0v) is 16.1. The van der Waals surface area contributed by atoms with Crippen LogP contribution in [0.2, 0.25) is 5.02 Å². The van der Waals surface area contributed by atoms with E-state index in [1.165, 1.54) is 37.4 Å². The van der Waals surface area contributed by atoms with E-state index in [1.54, 1.807) is 16.8 Å². The zero-order valence-electron chi connectivity index (χ0n) is 14.6. The molecule has 8 heteroatoms. The lowest BCUT2D eigenvalue weighted by Crippen LogP contribution is -2.50. The summed E-state index contributed by atoms with van der Waals surface area (Å²) in [5.41, 5.74) is 0.833. The van der Waals surface area contributed by atoms with Crippen LogP contribution in [0.1, 0.15) is 38.5 Å². The fourth-order valence-electron chi connectivity index (χ4n) is 4.16. The number of amides is 1. The third kappa shape index (κ3) is 3.74. The summed E-state index contributed by atoms with van der Waals surface area (Å²) in [6, 6.07) is 7.77. The summed E-state index contributed by atoms with van der Waals surface area (Å²) in [6.07, 6.45) is 7.39. The largest absolute Gasteiger partial charge is 0.339 e. The van der Waals surface area contributed by atoms with Crippen molar-refractivity contribution in [3.05, 3.63) is 29.3 Å². The number of fused-ring (bicyclic) bond motifs is 1. The van der Waals surface area contributed by atoms with Crippen LogP contribution in [0.15, 0.2) is 29.4 Å². The molecule has 26 heavy (non-hydrogen) atoms. The summed E-state index contributed by atoms with van der Waals surface area (Å²) >= 11 is 7.34. The predicted molar refractivity (Wildman–Crippen MR) is 102 cm³/mol. The summed E-state index contributed by atoms with van der Waals surface area (Å²) in [4.78, 5) is 15.0. The molecule has 1 amide bonds. The second-order valence-corrected chi connectivity index (χ2v) is 8.36. The van der Waals surface area contributed by atoms with Gasteiger partial charge in [0, 0.05) is 17.6 Å². The highest BCUT2D eigenvalue weighted by atomic mass is 35.5. The molecular weight excluding hydrogens is 370 g/mol.